The molecule has 0 aliphatic rings. The van der Waals surface area contributed by atoms with E-state index in [4.69, 9.17) is 0 Å². The van der Waals surface area contributed by atoms with Crippen LogP contribution in [0.3, 0.4) is 0 Å². The van der Waals surface area contributed by atoms with Gasteiger partial charge in [-0.05, 0) is 0 Å². The predicted octanol–water partition coefficient (Wildman–Crippen LogP) is 3.14. The number of hydrogen-bond donors (Lipinski definition) is 0. The lowest BCUT2D eigenvalue weighted by molar-refractivity contribution is -0.355. The van der Waals surface area contributed by atoms with Crippen molar-refractivity contribution in [1.29, 1.82) is 0 Å². The minimum Gasteiger partial charge on any atom is -0.411 e. The standard InChI is InChI=1S/C7H3F9O2/c1-2(6(11,12)13)3(17)18-5(10,4(8)9)7(14,15)16/h4H,1H2. The van der Waals surface area contributed by atoms with E-state index < -0.39 is 36.2 Å². The van der Waals surface area contributed by atoms with Gasteiger partial charge >= 0.3 is 30.6 Å². The van der Waals surface area contributed by atoms with Crippen LogP contribution in [0.5, 0.6) is 0 Å². The zero-order valence-corrected chi connectivity index (χ0v) is 8.00. The molecular weight excluding hydrogens is 287 g/mol. The van der Waals surface area contributed by atoms with Crippen LogP contribution in [0.1, 0.15) is 0 Å². The number of alkyl halides is 9. The van der Waals surface area contributed by atoms with Gasteiger partial charge in [0, 0.05) is 0 Å². The van der Waals surface area contributed by atoms with Gasteiger partial charge in [0.25, 0.3) is 0 Å². The van der Waals surface area contributed by atoms with E-state index in [1.54, 1.807) is 0 Å². The van der Waals surface area contributed by atoms with Gasteiger partial charge in [0.1, 0.15) is 5.57 Å². The molecule has 0 rings (SSSR count). The molecule has 0 amide bonds. The lowest BCUT2D eigenvalue weighted by Crippen LogP contribution is -2.51. The number of ether oxygens (including phenoxy) is 1. The highest BCUT2D eigenvalue weighted by molar-refractivity contribution is 5.89. The van der Waals surface area contributed by atoms with Crippen LogP contribution in [-0.4, -0.2) is 30.6 Å². The highest BCUT2D eigenvalue weighted by atomic mass is 19.4. The van der Waals surface area contributed by atoms with Crippen molar-refractivity contribution in [3.63, 3.8) is 0 Å². The van der Waals surface area contributed by atoms with E-state index in [1.807, 2.05) is 6.58 Å². The molecule has 0 radical (unpaired) electrons. The Kier molecular flexibility index (Phi) is 4.32. The number of rotatable bonds is 3. The normalized spacial score (nSPS) is 16.3. The van der Waals surface area contributed by atoms with Gasteiger partial charge in [-0.25, -0.2) is 13.6 Å². The molecule has 0 saturated heterocycles. The molecule has 0 aromatic carbocycles. The third-order valence-corrected chi connectivity index (χ3v) is 1.50. The zero-order chi connectivity index (χ0) is 14.9. The van der Waals surface area contributed by atoms with Crippen molar-refractivity contribution in [3.8, 4) is 0 Å². The van der Waals surface area contributed by atoms with Crippen molar-refractivity contribution in [2.24, 2.45) is 0 Å². The summed E-state index contributed by atoms with van der Waals surface area (Å²) in [7, 11) is 0. The second kappa shape index (κ2) is 4.69. The van der Waals surface area contributed by atoms with Gasteiger partial charge in [-0.2, -0.15) is 30.7 Å². The molecule has 11 heteroatoms. The number of hydrogen-bond acceptors (Lipinski definition) is 2. The monoisotopic (exact) mass is 290 g/mol. The fourth-order valence-corrected chi connectivity index (χ4v) is 0.538. The van der Waals surface area contributed by atoms with Crippen LogP contribution in [0.25, 0.3) is 0 Å². The van der Waals surface area contributed by atoms with Crippen molar-refractivity contribution in [1.82, 2.24) is 0 Å². The predicted molar refractivity (Wildman–Crippen MR) is 37.2 cm³/mol. The first-order chi connectivity index (χ1) is 7.73. The summed E-state index contributed by atoms with van der Waals surface area (Å²) in [5.74, 6) is -8.82. The molecule has 0 N–H and O–H groups in total. The summed E-state index contributed by atoms with van der Waals surface area (Å²) in [4.78, 5) is 10.4. The van der Waals surface area contributed by atoms with Crippen molar-refractivity contribution in [3.05, 3.63) is 12.2 Å². The first-order valence-corrected chi connectivity index (χ1v) is 3.76. The molecule has 0 heterocycles. The number of halogens is 9. The Labute approximate surface area is 93.0 Å². The Balaban J connectivity index is 5.18. The highest BCUT2D eigenvalue weighted by Gasteiger charge is 2.67. The van der Waals surface area contributed by atoms with Gasteiger partial charge in [0.05, 0.1) is 0 Å². The van der Waals surface area contributed by atoms with Crippen LogP contribution >= 0.6 is 0 Å². The Morgan fingerprint density at radius 1 is 1.00 bits per heavy atom. The Bertz CT molecular complexity index is 342. The molecule has 1 unspecified atom stereocenters. The summed E-state index contributed by atoms with van der Waals surface area (Å²) in [6.45, 7) is 1.97. The quantitative estimate of drug-likeness (QED) is 0.453. The second-order valence-electron chi connectivity index (χ2n) is 2.81. The maximum atomic E-state index is 12.7. The third kappa shape index (κ3) is 3.29. The molecule has 106 valence electrons. The van der Waals surface area contributed by atoms with Crippen LogP contribution in [0.4, 0.5) is 39.5 Å². The lowest BCUT2D eigenvalue weighted by atomic mass is 10.2. The molecule has 0 fully saturated rings. The number of esters is 1. The van der Waals surface area contributed by atoms with Crippen LogP contribution in [0.15, 0.2) is 12.2 Å². The molecular formula is C7H3F9O2. The van der Waals surface area contributed by atoms with Gasteiger partial charge in [0.15, 0.2) is 0 Å². The molecule has 0 aromatic heterocycles. The van der Waals surface area contributed by atoms with Crippen LogP contribution in [-0.2, 0) is 9.53 Å². The largest absolute Gasteiger partial charge is 0.466 e. The summed E-state index contributed by atoms with van der Waals surface area (Å²) in [6, 6.07) is 0. The van der Waals surface area contributed by atoms with E-state index in [2.05, 4.69) is 4.74 Å². The van der Waals surface area contributed by atoms with E-state index >= 15 is 0 Å². The van der Waals surface area contributed by atoms with Gasteiger partial charge < -0.3 is 4.74 Å². The molecule has 0 bridgehead atoms. The van der Waals surface area contributed by atoms with Crippen molar-refractivity contribution < 1.29 is 49.0 Å². The molecule has 0 aromatic rings. The van der Waals surface area contributed by atoms with E-state index in [1.165, 1.54) is 0 Å². The molecule has 18 heavy (non-hydrogen) atoms. The molecule has 0 aliphatic carbocycles. The summed E-state index contributed by atoms with van der Waals surface area (Å²) >= 11 is 0. The van der Waals surface area contributed by atoms with E-state index in [0.717, 1.165) is 0 Å². The molecule has 1 atom stereocenters. The maximum Gasteiger partial charge on any atom is 0.466 e. The Morgan fingerprint density at radius 3 is 1.61 bits per heavy atom. The van der Waals surface area contributed by atoms with Crippen LogP contribution in [0, 0.1) is 0 Å². The van der Waals surface area contributed by atoms with Crippen molar-refractivity contribution >= 4 is 5.97 Å². The maximum absolute atomic E-state index is 12.7. The topological polar surface area (TPSA) is 26.3 Å². The minimum absolute atomic E-state index is 1.97. The van der Waals surface area contributed by atoms with E-state index in [9.17, 15) is 44.3 Å². The smallest absolute Gasteiger partial charge is 0.411 e. The zero-order valence-electron chi connectivity index (χ0n) is 8.00. The summed E-state index contributed by atoms with van der Waals surface area (Å²) in [6.07, 6.45) is -16.9. The summed E-state index contributed by atoms with van der Waals surface area (Å²) < 4.78 is 110. The SMILES string of the molecule is C=C(C(=O)OC(F)(C(F)F)C(F)(F)F)C(F)(F)F. The Hall–Kier alpha value is -1.42. The van der Waals surface area contributed by atoms with Crippen LogP contribution in [0.2, 0.25) is 0 Å². The van der Waals surface area contributed by atoms with E-state index in [0.29, 0.717) is 0 Å². The molecule has 0 spiro atoms. The average molecular weight is 290 g/mol. The van der Waals surface area contributed by atoms with E-state index in [-0.39, 0.29) is 0 Å². The van der Waals surface area contributed by atoms with Gasteiger partial charge in [0.2, 0.25) is 0 Å². The van der Waals surface area contributed by atoms with Gasteiger partial charge in [-0.15, -0.1) is 0 Å². The third-order valence-electron chi connectivity index (χ3n) is 1.50. The molecule has 0 aliphatic heterocycles. The fourth-order valence-electron chi connectivity index (χ4n) is 0.538. The number of carbonyl (C=O) groups is 1. The molecule has 0 saturated carbocycles. The lowest BCUT2D eigenvalue weighted by Gasteiger charge is -2.26. The van der Waals surface area contributed by atoms with Crippen molar-refractivity contribution in [2.45, 2.75) is 24.6 Å². The fraction of sp³-hybridized carbons (Fsp3) is 0.571. The van der Waals surface area contributed by atoms with Gasteiger partial charge in [-0.3, -0.25) is 0 Å². The van der Waals surface area contributed by atoms with Crippen LogP contribution < -0.4 is 0 Å². The first kappa shape index (κ1) is 16.6. The summed E-state index contributed by atoms with van der Waals surface area (Å²) in [5.41, 5.74) is -2.55. The average Bonchev–Trinajstić information content (AvgIpc) is 2.12. The molecule has 2 nitrogen and oxygen atoms in total. The highest BCUT2D eigenvalue weighted by Crippen LogP contribution is 2.41. The van der Waals surface area contributed by atoms with Gasteiger partial charge in [-0.1, -0.05) is 6.58 Å². The second-order valence-corrected chi connectivity index (χ2v) is 2.81. The first-order valence-electron chi connectivity index (χ1n) is 3.76. The minimum atomic E-state index is -6.40. The Morgan fingerprint density at radius 2 is 1.39 bits per heavy atom. The summed E-state index contributed by atoms with van der Waals surface area (Å²) in [5, 5.41) is 0. The number of carbonyl (C=O) groups excluding carboxylic acids is 1. The van der Waals surface area contributed by atoms with Crippen molar-refractivity contribution in [2.75, 3.05) is 0 Å².